The summed E-state index contributed by atoms with van der Waals surface area (Å²) < 4.78 is 16.2. The van der Waals surface area contributed by atoms with Gasteiger partial charge in [-0.15, -0.1) is 0 Å². The van der Waals surface area contributed by atoms with Gasteiger partial charge in [-0.25, -0.2) is 0 Å². The van der Waals surface area contributed by atoms with Crippen LogP contribution in [-0.2, 0) is 20.9 Å². The van der Waals surface area contributed by atoms with E-state index in [2.05, 4.69) is 5.32 Å². The first-order valence-corrected chi connectivity index (χ1v) is 8.21. The Hall–Kier alpha value is -2.37. The third-order valence-electron chi connectivity index (χ3n) is 3.98. The van der Waals surface area contributed by atoms with Gasteiger partial charge in [0.25, 0.3) is 5.91 Å². The van der Waals surface area contributed by atoms with Gasteiger partial charge in [0.1, 0.15) is 11.9 Å². The fourth-order valence-electron chi connectivity index (χ4n) is 2.31. The average Bonchev–Trinajstić information content (AvgIpc) is 2.65. The van der Waals surface area contributed by atoms with Crippen LogP contribution >= 0.6 is 0 Å². The van der Waals surface area contributed by atoms with E-state index in [1.165, 1.54) is 0 Å². The fraction of sp³-hybridized carbons (Fsp3) is 0.350. The molecular weight excluding hydrogens is 318 g/mol. The van der Waals surface area contributed by atoms with E-state index in [1.807, 2.05) is 55.5 Å². The first-order chi connectivity index (χ1) is 12.0. The molecule has 0 fully saturated rings. The molecule has 134 valence electrons. The highest BCUT2D eigenvalue weighted by Gasteiger charge is 2.14. The van der Waals surface area contributed by atoms with Crippen LogP contribution < -0.4 is 10.1 Å². The van der Waals surface area contributed by atoms with Crippen molar-refractivity contribution < 1.29 is 19.0 Å². The topological polar surface area (TPSA) is 56.8 Å². The molecule has 0 radical (unpaired) electrons. The molecule has 0 aliphatic carbocycles. The molecule has 5 nitrogen and oxygen atoms in total. The highest BCUT2D eigenvalue weighted by molar-refractivity contribution is 5.93. The van der Waals surface area contributed by atoms with Crippen molar-refractivity contribution in [2.75, 3.05) is 19.5 Å². The number of anilines is 1. The third kappa shape index (κ3) is 5.59. The molecule has 2 aromatic rings. The zero-order valence-electron chi connectivity index (χ0n) is 15.1. The van der Waals surface area contributed by atoms with E-state index in [-0.39, 0.29) is 12.0 Å². The molecule has 1 N–H and O–H groups in total. The Morgan fingerprint density at radius 1 is 1.08 bits per heavy atom. The molecular formula is C20H25NO4. The zero-order chi connectivity index (χ0) is 18.2. The summed E-state index contributed by atoms with van der Waals surface area (Å²) in [7, 11) is 3.28. The van der Waals surface area contributed by atoms with Gasteiger partial charge in [-0.2, -0.15) is 0 Å². The number of benzene rings is 2. The van der Waals surface area contributed by atoms with Gasteiger partial charge in [0.15, 0.2) is 0 Å². The number of carbonyl (C=O) groups is 1. The highest BCUT2D eigenvalue weighted by Crippen LogP contribution is 2.20. The van der Waals surface area contributed by atoms with Crippen molar-refractivity contribution >= 4 is 11.6 Å². The van der Waals surface area contributed by atoms with Crippen molar-refractivity contribution in [1.82, 2.24) is 0 Å². The van der Waals surface area contributed by atoms with Crippen molar-refractivity contribution in [2.45, 2.75) is 32.7 Å². The Morgan fingerprint density at radius 2 is 1.84 bits per heavy atom. The van der Waals surface area contributed by atoms with Crippen LogP contribution in [0.15, 0.2) is 48.5 Å². The Bertz CT molecular complexity index is 702. The second-order valence-corrected chi connectivity index (χ2v) is 5.80. The molecule has 0 aliphatic rings. The van der Waals surface area contributed by atoms with Gasteiger partial charge < -0.3 is 19.5 Å². The first-order valence-electron chi connectivity index (χ1n) is 8.21. The summed E-state index contributed by atoms with van der Waals surface area (Å²) in [5, 5.41) is 2.88. The molecule has 2 unspecified atom stereocenters. The fourth-order valence-corrected chi connectivity index (χ4v) is 2.31. The van der Waals surface area contributed by atoms with Gasteiger partial charge in [-0.3, -0.25) is 4.79 Å². The van der Waals surface area contributed by atoms with Crippen molar-refractivity contribution in [3.05, 3.63) is 59.7 Å². The normalized spacial score (nSPS) is 13.1. The predicted octanol–water partition coefficient (Wildman–Crippen LogP) is 3.95. The van der Waals surface area contributed by atoms with E-state index in [9.17, 15) is 4.79 Å². The van der Waals surface area contributed by atoms with E-state index >= 15 is 0 Å². The summed E-state index contributed by atoms with van der Waals surface area (Å²) >= 11 is 0. The lowest BCUT2D eigenvalue weighted by atomic mass is 10.1. The predicted molar refractivity (Wildman–Crippen MR) is 97.7 cm³/mol. The molecule has 25 heavy (non-hydrogen) atoms. The van der Waals surface area contributed by atoms with Gasteiger partial charge in [0.05, 0.1) is 19.8 Å². The van der Waals surface area contributed by atoms with Crippen LogP contribution in [0.2, 0.25) is 0 Å². The Balaban J connectivity index is 1.91. The van der Waals surface area contributed by atoms with Crippen LogP contribution in [0.1, 0.15) is 31.1 Å². The van der Waals surface area contributed by atoms with Gasteiger partial charge in [-0.1, -0.05) is 24.3 Å². The van der Waals surface area contributed by atoms with Crippen LogP contribution in [-0.4, -0.2) is 26.2 Å². The largest absolute Gasteiger partial charge is 0.497 e. The van der Waals surface area contributed by atoms with Crippen molar-refractivity contribution in [3.8, 4) is 5.75 Å². The first kappa shape index (κ1) is 19.0. The molecule has 0 spiro atoms. The minimum atomic E-state index is -0.574. The quantitative estimate of drug-likeness (QED) is 0.788. The summed E-state index contributed by atoms with van der Waals surface area (Å²) in [4.78, 5) is 12.3. The SMILES string of the molecule is COc1cccc(COC(C)C(=O)Nc2cccc(C(C)OC)c2)c1. The Labute approximate surface area is 148 Å². The summed E-state index contributed by atoms with van der Waals surface area (Å²) in [6.45, 7) is 4.03. The second kappa shape index (κ2) is 9.20. The molecule has 0 heterocycles. The van der Waals surface area contributed by atoms with E-state index in [4.69, 9.17) is 14.2 Å². The lowest BCUT2D eigenvalue weighted by Gasteiger charge is -2.15. The number of ether oxygens (including phenoxy) is 3. The number of carbonyl (C=O) groups excluding carboxylic acids is 1. The molecule has 2 rings (SSSR count). The van der Waals surface area contributed by atoms with E-state index in [0.717, 1.165) is 22.6 Å². The zero-order valence-corrected chi connectivity index (χ0v) is 15.1. The molecule has 0 aromatic heterocycles. The average molecular weight is 343 g/mol. The number of amides is 1. The number of hydrogen-bond donors (Lipinski definition) is 1. The van der Waals surface area contributed by atoms with Gasteiger partial charge in [0.2, 0.25) is 0 Å². The van der Waals surface area contributed by atoms with Crippen LogP contribution in [0.25, 0.3) is 0 Å². The van der Waals surface area contributed by atoms with E-state index in [1.54, 1.807) is 21.1 Å². The number of nitrogens with one attached hydrogen (secondary N) is 1. The second-order valence-electron chi connectivity index (χ2n) is 5.80. The lowest BCUT2D eigenvalue weighted by Crippen LogP contribution is -2.27. The minimum absolute atomic E-state index is 0.0291. The van der Waals surface area contributed by atoms with Crippen LogP contribution in [0.4, 0.5) is 5.69 Å². The van der Waals surface area contributed by atoms with Crippen molar-refractivity contribution in [3.63, 3.8) is 0 Å². The van der Waals surface area contributed by atoms with Crippen LogP contribution in [0, 0.1) is 0 Å². The Morgan fingerprint density at radius 3 is 2.56 bits per heavy atom. The molecule has 0 saturated heterocycles. The van der Waals surface area contributed by atoms with Crippen LogP contribution in [0.3, 0.4) is 0 Å². The van der Waals surface area contributed by atoms with Gasteiger partial charge in [-0.05, 0) is 49.2 Å². The summed E-state index contributed by atoms with van der Waals surface area (Å²) in [6.07, 6.45) is -0.603. The molecule has 5 heteroatoms. The third-order valence-corrected chi connectivity index (χ3v) is 3.98. The summed E-state index contributed by atoms with van der Waals surface area (Å²) in [5.41, 5.74) is 2.68. The lowest BCUT2D eigenvalue weighted by molar-refractivity contribution is -0.127. The monoisotopic (exact) mass is 343 g/mol. The van der Waals surface area contributed by atoms with Gasteiger partial charge in [0, 0.05) is 12.8 Å². The molecule has 1 amide bonds. The maximum atomic E-state index is 12.3. The molecule has 0 bridgehead atoms. The number of rotatable bonds is 8. The van der Waals surface area contributed by atoms with Crippen molar-refractivity contribution in [2.24, 2.45) is 0 Å². The van der Waals surface area contributed by atoms with E-state index in [0.29, 0.717) is 6.61 Å². The van der Waals surface area contributed by atoms with Crippen LogP contribution in [0.5, 0.6) is 5.75 Å². The summed E-state index contributed by atoms with van der Waals surface area (Å²) in [5.74, 6) is 0.576. The molecule has 2 atom stereocenters. The maximum absolute atomic E-state index is 12.3. The van der Waals surface area contributed by atoms with Crippen molar-refractivity contribution in [1.29, 1.82) is 0 Å². The highest BCUT2D eigenvalue weighted by atomic mass is 16.5. The number of methoxy groups -OCH3 is 2. The number of hydrogen-bond acceptors (Lipinski definition) is 4. The van der Waals surface area contributed by atoms with E-state index < -0.39 is 6.10 Å². The summed E-state index contributed by atoms with van der Waals surface area (Å²) in [6, 6.07) is 15.2. The molecule has 2 aromatic carbocycles. The molecule has 0 saturated carbocycles. The minimum Gasteiger partial charge on any atom is -0.497 e. The Kier molecular flexibility index (Phi) is 6.98. The maximum Gasteiger partial charge on any atom is 0.253 e. The standard InChI is InChI=1S/C20H25NO4/c1-14(23-3)17-8-6-9-18(12-17)21-20(22)15(2)25-13-16-7-5-10-19(11-16)24-4/h5-12,14-15H,13H2,1-4H3,(H,21,22). The smallest absolute Gasteiger partial charge is 0.253 e. The molecule has 0 aliphatic heterocycles. The van der Waals surface area contributed by atoms with Gasteiger partial charge >= 0.3 is 0 Å².